The molecule has 264 valence electrons. The lowest BCUT2D eigenvalue weighted by Gasteiger charge is -2.31. The molecule has 57 heavy (non-hydrogen) atoms. The van der Waals surface area contributed by atoms with E-state index in [1.165, 1.54) is 77.2 Å². The molecule has 9 aromatic carbocycles. The molecule has 2 aliphatic rings. The van der Waals surface area contributed by atoms with Gasteiger partial charge in [-0.2, -0.15) is 0 Å². The highest BCUT2D eigenvalue weighted by molar-refractivity contribution is 6.06. The lowest BCUT2D eigenvalue weighted by molar-refractivity contribution is 0.802. The van der Waals surface area contributed by atoms with E-state index < -0.39 is 5.41 Å². The van der Waals surface area contributed by atoms with Crippen LogP contribution in [0.25, 0.3) is 88.8 Å². The van der Waals surface area contributed by atoms with E-state index in [2.05, 4.69) is 182 Å². The number of hydrogen-bond donors (Lipinski definition) is 0. The van der Waals surface area contributed by atoms with Crippen molar-refractivity contribution in [2.24, 2.45) is 0 Å². The lowest BCUT2D eigenvalue weighted by atomic mass is 9.69. The molecule has 1 spiro atoms. The Bertz CT molecular complexity index is 3110. The van der Waals surface area contributed by atoms with Crippen LogP contribution in [0.2, 0.25) is 0 Å². The minimum atomic E-state index is -0.417. The molecule has 0 fully saturated rings. The molecule has 0 saturated carbocycles. The van der Waals surface area contributed by atoms with Gasteiger partial charge in [0.1, 0.15) is 0 Å². The maximum atomic E-state index is 5.07. The van der Waals surface area contributed by atoms with Gasteiger partial charge in [0.25, 0.3) is 0 Å². The Morgan fingerprint density at radius 2 is 0.842 bits per heavy atom. The molecule has 0 bridgehead atoms. The van der Waals surface area contributed by atoms with Gasteiger partial charge < -0.3 is 0 Å². The summed E-state index contributed by atoms with van der Waals surface area (Å²) in [5.41, 5.74) is 17.7. The van der Waals surface area contributed by atoms with Gasteiger partial charge in [-0.3, -0.25) is 0 Å². The third-order valence-corrected chi connectivity index (χ3v) is 12.3. The van der Waals surface area contributed by atoms with Crippen LogP contribution in [0, 0.1) is 0 Å². The summed E-state index contributed by atoms with van der Waals surface area (Å²) < 4.78 is 0. The lowest BCUT2D eigenvalue weighted by Crippen LogP contribution is -2.26. The van der Waals surface area contributed by atoms with Crippen LogP contribution in [0.4, 0.5) is 0 Å². The van der Waals surface area contributed by atoms with Gasteiger partial charge in [0.2, 0.25) is 0 Å². The third-order valence-electron chi connectivity index (χ3n) is 12.3. The number of hydrogen-bond acceptors (Lipinski definition) is 2. The van der Waals surface area contributed by atoms with Crippen LogP contribution in [-0.2, 0) is 5.41 Å². The SMILES string of the molecule is c1ccc(-c2cc(-c3ccc(-c4ccc5c6c(ccc5c4)-c4cc5ccccc5cc4C64c5ccccc5-c5ccccc54)cc3)nc(-c3ccccc3)n2)cc1. The summed E-state index contributed by atoms with van der Waals surface area (Å²) in [6.45, 7) is 0. The highest BCUT2D eigenvalue weighted by atomic mass is 14.9. The van der Waals surface area contributed by atoms with E-state index in [0.29, 0.717) is 0 Å². The monoisotopic (exact) mass is 722 g/mol. The summed E-state index contributed by atoms with van der Waals surface area (Å²) >= 11 is 0. The molecule has 0 aliphatic heterocycles. The standard InChI is InChI=1S/C55H34N2/c1-3-13-36(14-4-1)51-34-52(57-54(56-51)38-15-5-2-6-16-38)37-25-23-35(24-26-37)41-27-29-43-42(31-41)28-30-46-47-32-39-17-7-8-18-40(39)33-50(47)55(53(43)46)48-21-11-9-19-44(48)45-20-10-12-22-49(45)55/h1-34H. The molecule has 0 amide bonds. The van der Waals surface area contributed by atoms with Gasteiger partial charge in [0.05, 0.1) is 16.8 Å². The van der Waals surface area contributed by atoms with Crippen LogP contribution in [-0.4, -0.2) is 9.97 Å². The van der Waals surface area contributed by atoms with Crippen LogP contribution in [0.15, 0.2) is 206 Å². The zero-order valence-electron chi connectivity index (χ0n) is 31.0. The number of fused-ring (bicyclic) bond motifs is 13. The fourth-order valence-electron chi connectivity index (χ4n) is 9.74. The maximum Gasteiger partial charge on any atom is 0.160 e. The van der Waals surface area contributed by atoms with Crippen LogP contribution in [0.1, 0.15) is 22.3 Å². The predicted molar refractivity (Wildman–Crippen MR) is 235 cm³/mol. The summed E-state index contributed by atoms with van der Waals surface area (Å²) in [4.78, 5) is 10.1. The molecule has 2 aliphatic carbocycles. The molecule has 12 rings (SSSR count). The molecule has 0 saturated heterocycles. The van der Waals surface area contributed by atoms with Crippen molar-refractivity contribution in [1.82, 2.24) is 9.97 Å². The average molecular weight is 723 g/mol. The molecule has 2 nitrogen and oxygen atoms in total. The zero-order valence-corrected chi connectivity index (χ0v) is 31.0. The predicted octanol–water partition coefficient (Wildman–Crippen LogP) is 13.8. The first-order valence-corrected chi connectivity index (χ1v) is 19.6. The van der Waals surface area contributed by atoms with Gasteiger partial charge in [0, 0.05) is 16.7 Å². The van der Waals surface area contributed by atoms with E-state index in [0.717, 1.165) is 33.9 Å². The minimum Gasteiger partial charge on any atom is -0.228 e. The maximum absolute atomic E-state index is 5.07. The van der Waals surface area contributed by atoms with E-state index in [-0.39, 0.29) is 0 Å². The highest BCUT2D eigenvalue weighted by Crippen LogP contribution is 2.64. The largest absolute Gasteiger partial charge is 0.228 e. The fraction of sp³-hybridized carbons (Fsp3) is 0.0182. The van der Waals surface area contributed by atoms with Crippen molar-refractivity contribution in [1.29, 1.82) is 0 Å². The minimum absolute atomic E-state index is 0.417. The Morgan fingerprint density at radius 1 is 0.298 bits per heavy atom. The number of benzene rings is 9. The fourth-order valence-corrected chi connectivity index (χ4v) is 9.74. The van der Waals surface area contributed by atoms with E-state index in [1.54, 1.807) is 0 Å². The van der Waals surface area contributed by atoms with Crippen molar-refractivity contribution >= 4 is 21.5 Å². The normalized spacial score (nSPS) is 13.1. The van der Waals surface area contributed by atoms with Gasteiger partial charge >= 0.3 is 0 Å². The summed E-state index contributed by atoms with van der Waals surface area (Å²) in [5, 5.41) is 5.08. The molecule has 1 aromatic heterocycles. The van der Waals surface area contributed by atoms with Crippen LogP contribution < -0.4 is 0 Å². The van der Waals surface area contributed by atoms with Crippen LogP contribution in [0.3, 0.4) is 0 Å². The Balaban J connectivity index is 1.00. The smallest absolute Gasteiger partial charge is 0.160 e. The van der Waals surface area contributed by atoms with Gasteiger partial charge in [-0.15, -0.1) is 0 Å². The van der Waals surface area contributed by atoms with Crippen molar-refractivity contribution in [2.75, 3.05) is 0 Å². The molecule has 0 radical (unpaired) electrons. The summed E-state index contributed by atoms with van der Waals surface area (Å²) in [7, 11) is 0. The molecule has 1 heterocycles. The Kier molecular flexibility index (Phi) is 6.88. The van der Waals surface area contributed by atoms with E-state index >= 15 is 0 Å². The van der Waals surface area contributed by atoms with Crippen LogP contribution in [0.5, 0.6) is 0 Å². The Hall–Kier alpha value is -7.42. The molecule has 0 atom stereocenters. The number of rotatable bonds is 4. The van der Waals surface area contributed by atoms with Gasteiger partial charge in [-0.1, -0.05) is 182 Å². The summed E-state index contributed by atoms with van der Waals surface area (Å²) in [6.07, 6.45) is 0. The van der Waals surface area contributed by atoms with Crippen molar-refractivity contribution in [3.05, 3.63) is 229 Å². The number of aromatic nitrogens is 2. The third kappa shape index (κ3) is 4.71. The molecule has 0 N–H and O–H groups in total. The van der Waals surface area contributed by atoms with E-state index in [4.69, 9.17) is 9.97 Å². The van der Waals surface area contributed by atoms with E-state index in [9.17, 15) is 0 Å². The van der Waals surface area contributed by atoms with Gasteiger partial charge in [0.15, 0.2) is 5.82 Å². The Morgan fingerprint density at radius 3 is 1.53 bits per heavy atom. The Labute approximate surface area is 331 Å². The second-order valence-electron chi connectivity index (χ2n) is 15.3. The summed E-state index contributed by atoms with van der Waals surface area (Å²) in [5.74, 6) is 0.721. The molecule has 10 aromatic rings. The van der Waals surface area contributed by atoms with Gasteiger partial charge in [-0.25, -0.2) is 9.97 Å². The van der Waals surface area contributed by atoms with Crippen molar-refractivity contribution in [3.8, 4) is 67.3 Å². The van der Waals surface area contributed by atoms with Crippen molar-refractivity contribution in [3.63, 3.8) is 0 Å². The molecule has 2 heteroatoms. The van der Waals surface area contributed by atoms with Gasteiger partial charge in [-0.05, 0) is 101 Å². The highest BCUT2D eigenvalue weighted by Gasteiger charge is 2.52. The molecular weight excluding hydrogens is 689 g/mol. The second-order valence-corrected chi connectivity index (χ2v) is 15.3. The second kappa shape index (κ2) is 12.3. The average Bonchev–Trinajstić information content (AvgIpc) is 3.75. The topological polar surface area (TPSA) is 25.8 Å². The first-order chi connectivity index (χ1) is 28.2. The quantitative estimate of drug-likeness (QED) is 0.181. The van der Waals surface area contributed by atoms with Crippen molar-refractivity contribution < 1.29 is 0 Å². The number of nitrogens with zero attached hydrogens (tertiary/aromatic N) is 2. The van der Waals surface area contributed by atoms with Crippen molar-refractivity contribution in [2.45, 2.75) is 5.41 Å². The zero-order chi connectivity index (χ0) is 37.5. The van der Waals surface area contributed by atoms with Crippen LogP contribution >= 0.6 is 0 Å². The molecule has 0 unspecified atom stereocenters. The summed E-state index contributed by atoms with van der Waals surface area (Å²) in [6, 6.07) is 75.1. The molecular formula is C55H34N2. The first-order valence-electron chi connectivity index (χ1n) is 19.6. The van der Waals surface area contributed by atoms with E-state index in [1.807, 2.05) is 24.3 Å². The first kappa shape index (κ1) is 31.9.